The SMILES string of the molecule is COc1ccc(C(=O)N2CCC(c3nc(C(=O)NCc4csc5ccccc45)cs3)CC2)c(OC)c1OC. The summed E-state index contributed by atoms with van der Waals surface area (Å²) in [5.41, 5.74) is 1.99. The zero-order valence-electron chi connectivity index (χ0n) is 21.5. The molecule has 1 aliphatic heterocycles. The average molecular weight is 552 g/mol. The smallest absolute Gasteiger partial charge is 0.271 e. The van der Waals surface area contributed by atoms with Crippen molar-refractivity contribution in [1.29, 1.82) is 0 Å². The largest absolute Gasteiger partial charge is 0.493 e. The molecule has 1 saturated heterocycles. The number of fused-ring (bicyclic) bond motifs is 1. The Hall–Kier alpha value is -3.63. The van der Waals surface area contributed by atoms with Crippen LogP contribution in [0.2, 0.25) is 0 Å². The number of ether oxygens (including phenoxy) is 3. The van der Waals surface area contributed by atoms with Gasteiger partial charge in [0.05, 0.1) is 31.9 Å². The predicted molar refractivity (Wildman–Crippen MR) is 149 cm³/mol. The van der Waals surface area contributed by atoms with Crippen molar-refractivity contribution in [3.05, 3.63) is 69.0 Å². The summed E-state index contributed by atoms with van der Waals surface area (Å²) in [6, 6.07) is 11.6. The number of hydrogen-bond acceptors (Lipinski definition) is 8. The number of thiazole rings is 1. The monoisotopic (exact) mass is 551 g/mol. The van der Waals surface area contributed by atoms with Crippen molar-refractivity contribution >= 4 is 44.6 Å². The molecule has 0 aliphatic carbocycles. The molecule has 3 heterocycles. The number of aromatic nitrogens is 1. The lowest BCUT2D eigenvalue weighted by Gasteiger charge is -2.31. The van der Waals surface area contributed by atoms with Gasteiger partial charge in [-0.3, -0.25) is 9.59 Å². The van der Waals surface area contributed by atoms with Crippen molar-refractivity contribution in [2.75, 3.05) is 34.4 Å². The van der Waals surface area contributed by atoms with E-state index in [9.17, 15) is 9.59 Å². The fraction of sp³-hybridized carbons (Fsp3) is 0.321. The molecular weight excluding hydrogens is 522 g/mol. The summed E-state index contributed by atoms with van der Waals surface area (Å²) in [5.74, 6) is 1.20. The Balaban J connectivity index is 1.19. The zero-order chi connectivity index (χ0) is 26.6. The highest BCUT2D eigenvalue weighted by Crippen LogP contribution is 2.41. The number of hydrogen-bond donors (Lipinski definition) is 1. The van der Waals surface area contributed by atoms with Crippen LogP contribution in [0.5, 0.6) is 17.2 Å². The molecule has 10 heteroatoms. The summed E-state index contributed by atoms with van der Waals surface area (Å²) in [6.45, 7) is 1.65. The first-order valence-electron chi connectivity index (χ1n) is 12.3. The van der Waals surface area contributed by atoms with Crippen molar-refractivity contribution in [1.82, 2.24) is 15.2 Å². The van der Waals surface area contributed by atoms with Gasteiger partial charge in [0.25, 0.3) is 11.8 Å². The van der Waals surface area contributed by atoms with E-state index in [-0.39, 0.29) is 17.7 Å². The van der Waals surface area contributed by atoms with E-state index >= 15 is 0 Å². The lowest BCUT2D eigenvalue weighted by Crippen LogP contribution is -2.38. The average Bonchev–Trinajstić information content (AvgIpc) is 3.62. The summed E-state index contributed by atoms with van der Waals surface area (Å²) in [4.78, 5) is 32.6. The van der Waals surface area contributed by atoms with Gasteiger partial charge < -0.3 is 24.4 Å². The molecule has 2 aromatic heterocycles. The summed E-state index contributed by atoms with van der Waals surface area (Å²) >= 11 is 3.19. The van der Waals surface area contributed by atoms with E-state index in [0.717, 1.165) is 23.4 Å². The van der Waals surface area contributed by atoms with Gasteiger partial charge in [-0.15, -0.1) is 22.7 Å². The molecule has 2 amide bonds. The molecule has 0 bridgehead atoms. The second kappa shape index (κ2) is 11.4. The van der Waals surface area contributed by atoms with Crippen molar-refractivity contribution in [2.45, 2.75) is 25.3 Å². The maximum absolute atomic E-state index is 13.3. The van der Waals surface area contributed by atoms with Crippen molar-refractivity contribution < 1.29 is 23.8 Å². The zero-order valence-corrected chi connectivity index (χ0v) is 23.1. The fourth-order valence-corrected chi connectivity index (χ4v) is 6.72. The fourth-order valence-electron chi connectivity index (χ4n) is 4.78. The van der Waals surface area contributed by atoms with Gasteiger partial charge in [-0.05, 0) is 47.4 Å². The standard InChI is InChI=1S/C28H29N3O5S2/c1-34-22-9-8-20(24(35-2)25(22)36-3)28(33)31-12-10-17(11-13-31)27-30-21(16-38-27)26(32)29-14-18-15-37-23-7-5-4-6-19(18)23/h4-9,15-17H,10-14H2,1-3H3,(H,29,32). The van der Waals surface area contributed by atoms with Crippen molar-refractivity contribution in [3.8, 4) is 17.2 Å². The minimum atomic E-state index is -0.170. The summed E-state index contributed by atoms with van der Waals surface area (Å²) in [5, 5.41) is 9.02. The number of carbonyl (C=O) groups is 2. The number of nitrogens with zero attached hydrogens (tertiary/aromatic N) is 2. The Labute approximate surface area is 229 Å². The molecule has 0 unspecified atom stereocenters. The van der Waals surface area contributed by atoms with Crippen LogP contribution in [-0.2, 0) is 6.54 Å². The van der Waals surface area contributed by atoms with Crippen molar-refractivity contribution in [3.63, 3.8) is 0 Å². The van der Waals surface area contributed by atoms with Crippen LogP contribution in [0.15, 0.2) is 47.2 Å². The molecule has 2 aromatic carbocycles. The molecule has 0 radical (unpaired) electrons. The van der Waals surface area contributed by atoms with Crippen LogP contribution >= 0.6 is 22.7 Å². The number of nitrogens with one attached hydrogen (secondary N) is 1. The molecule has 0 atom stereocenters. The van der Waals surface area contributed by atoms with Crippen LogP contribution in [0.1, 0.15) is 50.2 Å². The molecule has 1 N–H and O–H groups in total. The molecule has 1 fully saturated rings. The van der Waals surface area contributed by atoms with Gasteiger partial charge >= 0.3 is 0 Å². The molecule has 198 valence electrons. The van der Waals surface area contributed by atoms with E-state index in [4.69, 9.17) is 14.2 Å². The van der Waals surface area contributed by atoms with Crippen LogP contribution < -0.4 is 19.5 Å². The van der Waals surface area contributed by atoms with Gasteiger partial charge in [-0.1, -0.05) is 18.2 Å². The minimum absolute atomic E-state index is 0.110. The minimum Gasteiger partial charge on any atom is -0.493 e. The number of thiophene rings is 1. The van der Waals surface area contributed by atoms with E-state index in [1.807, 2.05) is 22.4 Å². The second-order valence-corrected chi connectivity index (χ2v) is 10.8. The summed E-state index contributed by atoms with van der Waals surface area (Å²) in [6.07, 6.45) is 1.55. The topological polar surface area (TPSA) is 90.0 Å². The molecular formula is C28H29N3O5S2. The Morgan fingerprint density at radius 3 is 2.47 bits per heavy atom. The molecule has 0 saturated carbocycles. The van der Waals surface area contributed by atoms with E-state index in [2.05, 4.69) is 27.8 Å². The first-order chi connectivity index (χ1) is 18.5. The van der Waals surface area contributed by atoms with Crippen molar-refractivity contribution in [2.24, 2.45) is 0 Å². The molecule has 4 aromatic rings. The first kappa shape index (κ1) is 26.0. The molecule has 1 aliphatic rings. The molecule has 38 heavy (non-hydrogen) atoms. The first-order valence-corrected chi connectivity index (χ1v) is 14.1. The normalized spacial score (nSPS) is 13.9. The lowest BCUT2D eigenvalue weighted by atomic mass is 9.97. The van der Waals surface area contributed by atoms with Crippen LogP contribution in [0.4, 0.5) is 0 Å². The van der Waals surface area contributed by atoms with E-state index in [1.165, 1.54) is 35.6 Å². The number of carbonyl (C=O) groups excluding carboxylic acids is 2. The maximum Gasteiger partial charge on any atom is 0.271 e. The molecule has 0 spiro atoms. The summed E-state index contributed by atoms with van der Waals surface area (Å²) in [7, 11) is 4.58. The van der Waals surface area contributed by atoms with Gasteiger partial charge in [0.1, 0.15) is 5.69 Å². The van der Waals surface area contributed by atoms with E-state index in [1.54, 1.807) is 30.6 Å². The van der Waals surface area contributed by atoms with Crippen LogP contribution in [0.3, 0.4) is 0 Å². The van der Waals surface area contributed by atoms with Gasteiger partial charge in [0.2, 0.25) is 5.75 Å². The Kier molecular flexibility index (Phi) is 7.80. The predicted octanol–water partition coefficient (Wildman–Crippen LogP) is 5.33. The number of likely N-dealkylation sites (tertiary alicyclic amines) is 1. The van der Waals surface area contributed by atoms with E-state index < -0.39 is 0 Å². The molecule has 5 rings (SSSR count). The molecule has 8 nitrogen and oxygen atoms in total. The van der Waals surface area contributed by atoms with Gasteiger partial charge in [-0.2, -0.15) is 0 Å². The Bertz CT molecular complexity index is 1460. The number of rotatable bonds is 8. The third kappa shape index (κ3) is 5.06. The third-order valence-corrected chi connectivity index (χ3v) is 8.84. The van der Waals surface area contributed by atoms with Crippen LogP contribution in [0, 0.1) is 0 Å². The highest BCUT2D eigenvalue weighted by atomic mass is 32.1. The number of methoxy groups -OCH3 is 3. The Morgan fingerprint density at radius 1 is 0.974 bits per heavy atom. The van der Waals surface area contributed by atoms with Crippen LogP contribution in [-0.4, -0.2) is 56.1 Å². The lowest BCUT2D eigenvalue weighted by molar-refractivity contribution is 0.0708. The number of piperidine rings is 1. The summed E-state index contributed by atoms with van der Waals surface area (Å²) < 4.78 is 17.5. The van der Waals surface area contributed by atoms with Gasteiger partial charge in [0, 0.05) is 35.6 Å². The van der Waals surface area contributed by atoms with E-state index in [0.29, 0.717) is 48.1 Å². The third-order valence-electron chi connectivity index (χ3n) is 6.82. The highest BCUT2D eigenvalue weighted by molar-refractivity contribution is 7.17. The maximum atomic E-state index is 13.3. The van der Waals surface area contributed by atoms with Gasteiger partial charge in [0.15, 0.2) is 11.5 Å². The highest BCUT2D eigenvalue weighted by Gasteiger charge is 2.30. The van der Waals surface area contributed by atoms with Gasteiger partial charge in [-0.25, -0.2) is 4.98 Å². The quantitative estimate of drug-likeness (QED) is 0.318. The second-order valence-electron chi connectivity index (χ2n) is 8.96. The number of amides is 2. The number of benzene rings is 2. The Morgan fingerprint density at radius 2 is 1.74 bits per heavy atom. The van der Waals surface area contributed by atoms with Crippen LogP contribution in [0.25, 0.3) is 10.1 Å².